The third-order valence-corrected chi connectivity index (χ3v) is 7.52. The van der Waals surface area contributed by atoms with Crippen molar-refractivity contribution in [3.8, 4) is 0 Å². The van der Waals surface area contributed by atoms with Crippen molar-refractivity contribution >= 4 is 11.0 Å². The second kappa shape index (κ2) is 6.80. The van der Waals surface area contributed by atoms with Crippen LogP contribution in [0.2, 0.25) is 0 Å². The van der Waals surface area contributed by atoms with E-state index < -0.39 is 0 Å². The van der Waals surface area contributed by atoms with E-state index in [0.717, 1.165) is 58.1 Å². The quantitative estimate of drug-likeness (QED) is 0.799. The van der Waals surface area contributed by atoms with Crippen molar-refractivity contribution in [2.24, 2.45) is 5.92 Å². The van der Waals surface area contributed by atoms with Gasteiger partial charge in [-0.25, -0.2) is 4.98 Å². The number of ether oxygens (including phenoxy) is 2. The average Bonchev–Trinajstić information content (AvgIpc) is 3.28. The molecule has 2 aromatic rings. The lowest BCUT2D eigenvalue weighted by Crippen LogP contribution is -2.59. The first kappa shape index (κ1) is 17.4. The van der Waals surface area contributed by atoms with Gasteiger partial charge in [0.1, 0.15) is 11.5 Å². The van der Waals surface area contributed by atoms with Gasteiger partial charge in [-0.3, -0.25) is 9.80 Å². The molecule has 0 amide bonds. The third-order valence-electron chi connectivity index (χ3n) is 7.52. The average molecular weight is 383 g/mol. The van der Waals surface area contributed by atoms with Crippen LogP contribution in [-0.2, 0) is 15.1 Å². The maximum atomic E-state index is 5.74. The van der Waals surface area contributed by atoms with Crippen LogP contribution in [0.1, 0.15) is 37.5 Å². The Hall–Kier alpha value is -1.47. The van der Waals surface area contributed by atoms with Crippen LogP contribution in [0.25, 0.3) is 11.0 Å². The molecule has 1 saturated carbocycles. The van der Waals surface area contributed by atoms with Crippen molar-refractivity contribution in [1.82, 2.24) is 19.4 Å². The van der Waals surface area contributed by atoms with Crippen molar-refractivity contribution in [1.29, 1.82) is 0 Å². The van der Waals surface area contributed by atoms with Gasteiger partial charge in [-0.05, 0) is 31.4 Å². The Balaban J connectivity index is 1.56. The third kappa shape index (κ3) is 2.38. The summed E-state index contributed by atoms with van der Waals surface area (Å²) in [6.07, 6.45) is 5.15. The number of morpholine rings is 2. The molecule has 6 heteroatoms. The number of hydrogen-bond donors (Lipinski definition) is 0. The lowest BCUT2D eigenvalue weighted by Gasteiger charge is -2.52. The molecule has 3 fully saturated rings. The van der Waals surface area contributed by atoms with E-state index in [2.05, 4.69) is 38.6 Å². The first-order valence-corrected chi connectivity index (χ1v) is 11.0. The number of para-hydroxylation sites is 2. The van der Waals surface area contributed by atoms with Gasteiger partial charge in [-0.1, -0.05) is 18.6 Å². The maximum absolute atomic E-state index is 5.74. The number of imidazole rings is 1. The van der Waals surface area contributed by atoms with Crippen LogP contribution in [0.3, 0.4) is 0 Å². The zero-order valence-corrected chi connectivity index (χ0v) is 16.6. The molecule has 0 N–H and O–H groups in total. The van der Waals surface area contributed by atoms with Gasteiger partial charge in [0, 0.05) is 32.1 Å². The van der Waals surface area contributed by atoms with Crippen LogP contribution in [-0.4, -0.2) is 72.0 Å². The van der Waals surface area contributed by atoms with Gasteiger partial charge in [0.25, 0.3) is 0 Å². The highest BCUT2D eigenvalue weighted by Crippen LogP contribution is 2.57. The zero-order valence-electron chi connectivity index (χ0n) is 16.6. The van der Waals surface area contributed by atoms with E-state index in [-0.39, 0.29) is 5.66 Å². The number of fused-ring (bicyclic) bond motifs is 5. The van der Waals surface area contributed by atoms with Crippen molar-refractivity contribution in [2.75, 3.05) is 52.6 Å². The van der Waals surface area contributed by atoms with Crippen molar-refractivity contribution in [3.05, 3.63) is 30.1 Å². The van der Waals surface area contributed by atoms with E-state index in [1.807, 2.05) is 0 Å². The van der Waals surface area contributed by atoms with Crippen LogP contribution in [0.15, 0.2) is 24.3 Å². The Morgan fingerprint density at radius 3 is 2.50 bits per heavy atom. The normalized spacial score (nSPS) is 34.4. The van der Waals surface area contributed by atoms with E-state index in [1.54, 1.807) is 0 Å². The Kier molecular flexibility index (Phi) is 4.22. The molecule has 0 bridgehead atoms. The molecule has 4 aliphatic rings. The summed E-state index contributed by atoms with van der Waals surface area (Å²) in [5, 5.41) is 0. The van der Waals surface area contributed by atoms with Crippen molar-refractivity contribution in [3.63, 3.8) is 0 Å². The molecule has 3 atom stereocenters. The minimum absolute atomic E-state index is 0.0520. The Morgan fingerprint density at radius 2 is 1.68 bits per heavy atom. The van der Waals surface area contributed by atoms with Gasteiger partial charge < -0.3 is 14.0 Å². The fourth-order valence-electron chi connectivity index (χ4n) is 6.44. The monoisotopic (exact) mass is 382 g/mol. The Morgan fingerprint density at radius 1 is 0.929 bits per heavy atom. The largest absolute Gasteiger partial charge is 0.379 e. The first-order valence-electron chi connectivity index (χ1n) is 11.0. The van der Waals surface area contributed by atoms with Crippen LogP contribution >= 0.6 is 0 Å². The zero-order chi connectivity index (χ0) is 18.6. The van der Waals surface area contributed by atoms with Crippen LogP contribution in [0.4, 0.5) is 0 Å². The van der Waals surface area contributed by atoms with Gasteiger partial charge in [-0.2, -0.15) is 0 Å². The van der Waals surface area contributed by atoms with Gasteiger partial charge in [0.15, 0.2) is 0 Å². The highest BCUT2D eigenvalue weighted by atomic mass is 16.5. The molecule has 1 aromatic heterocycles. The molecule has 150 valence electrons. The fraction of sp³-hybridized carbons (Fsp3) is 0.682. The minimum Gasteiger partial charge on any atom is -0.379 e. The number of rotatable bonds is 2. The molecule has 6 nitrogen and oxygen atoms in total. The molecular weight excluding hydrogens is 352 g/mol. The first-order chi connectivity index (χ1) is 13.9. The van der Waals surface area contributed by atoms with Gasteiger partial charge in [-0.15, -0.1) is 0 Å². The summed E-state index contributed by atoms with van der Waals surface area (Å²) in [6.45, 7) is 7.46. The van der Waals surface area contributed by atoms with E-state index >= 15 is 0 Å². The number of benzene rings is 1. The Labute approximate surface area is 166 Å². The Bertz CT molecular complexity index is 855. The molecule has 4 heterocycles. The molecule has 1 aromatic carbocycles. The summed E-state index contributed by atoms with van der Waals surface area (Å²) in [6, 6.07) is 9.15. The molecule has 0 radical (unpaired) electrons. The SMILES string of the molecule is c1ccc2c(c1)nc1n2[C@]2(N3CCOCC3)CCCC[C@H]2[C@H]1N1CCOCC1. The molecule has 2 saturated heterocycles. The molecule has 28 heavy (non-hydrogen) atoms. The van der Waals surface area contributed by atoms with E-state index in [9.17, 15) is 0 Å². The van der Waals surface area contributed by atoms with Gasteiger partial charge in [0.05, 0.1) is 43.5 Å². The molecule has 3 aliphatic heterocycles. The molecule has 1 aliphatic carbocycles. The fourth-order valence-corrected chi connectivity index (χ4v) is 6.44. The summed E-state index contributed by atoms with van der Waals surface area (Å²) in [5.41, 5.74) is 2.51. The molecular formula is C22H30N4O2. The predicted molar refractivity (Wildman–Crippen MR) is 107 cm³/mol. The van der Waals surface area contributed by atoms with E-state index in [1.165, 1.54) is 37.0 Å². The second-order valence-corrected chi connectivity index (χ2v) is 8.72. The van der Waals surface area contributed by atoms with Crippen molar-refractivity contribution in [2.45, 2.75) is 37.4 Å². The lowest BCUT2D eigenvalue weighted by atomic mass is 9.75. The summed E-state index contributed by atoms with van der Waals surface area (Å²) >= 11 is 0. The van der Waals surface area contributed by atoms with Gasteiger partial charge >= 0.3 is 0 Å². The highest BCUT2D eigenvalue weighted by molar-refractivity contribution is 5.77. The topological polar surface area (TPSA) is 42.8 Å². The smallest absolute Gasteiger partial charge is 0.129 e. The van der Waals surface area contributed by atoms with Crippen LogP contribution < -0.4 is 0 Å². The van der Waals surface area contributed by atoms with Gasteiger partial charge in [0.2, 0.25) is 0 Å². The second-order valence-electron chi connectivity index (χ2n) is 8.72. The van der Waals surface area contributed by atoms with Crippen molar-refractivity contribution < 1.29 is 9.47 Å². The summed E-state index contributed by atoms with van der Waals surface area (Å²) in [5.74, 6) is 1.89. The summed E-state index contributed by atoms with van der Waals surface area (Å²) in [4.78, 5) is 10.7. The molecule has 0 unspecified atom stereocenters. The highest BCUT2D eigenvalue weighted by Gasteiger charge is 2.59. The number of nitrogens with zero attached hydrogens (tertiary/aromatic N) is 4. The van der Waals surface area contributed by atoms with E-state index in [4.69, 9.17) is 14.5 Å². The minimum atomic E-state index is 0.0520. The molecule has 0 spiro atoms. The number of hydrogen-bond acceptors (Lipinski definition) is 5. The van der Waals surface area contributed by atoms with Crippen LogP contribution in [0.5, 0.6) is 0 Å². The number of aromatic nitrogens is 2. The summed E-state index contributed by atoms with van der Waals surface area (Å²) < 4.78 is 14.1. The lowest BCUT2D eigenvalue weighted by molar-refractivity contribution is -0.112. The van der Waals surface area contributed by atoms with Crippen LogP contribution in [0, 0.1) is 5.92 Å². The molecule has 6 rings (SSSR count). The maximum Gasteiger partial charge on any atom is 0.129 e. The van der Waals surface area contributed by atoms with E-state index in [0.29, 0.717) is 12.0 Å². The predicted octanol–water partition coefficient (Wildman–Crippen LogP) is 2.60. The summed E-state index contributed by atoms with van der Waals surface area (Å²) in [7, 11) is 0. The standard InChI is InChI=1S/C22H30N4O2/c1-2-7-19-18(6-1)23-21-20(24-9-13-27-14-10-24)17-5-3-4-8-22(17,26(19)21)25-11-15-28-16-12-25/h1-2,6-7,17,20H,3-5,8-16H2/t17-,20+,22+/m0/s1.